The predicted octanol–water partition coefficient (Wildman–Crippen LogP) is 2.54. The fourth-order valence-electron chi connectivity index (χ4n) is 1.48. The number of carbonyl (C=O) groups excluding carboxylic acids is 2. The summed E-state index contributed by atoms with van der Waals surface area (Å²) < 4.78 is 0. The molecule has 2 rings (SSSR count). The largest absolute Gasteiger partial charge is 0.279 e. The predicted molar refractivity (Wildman–Crippen MR) is 77.5 cm³/mol. The Kier molecular flexibility index (Phi) is 4.59. The van der Waals surface area contributed by atoms with Crippen LogP contribution in [0.3, 0.4) is 0 Å². The maximum Gasteiger partial charge on any atom is 0.279 e. The molecule has 0 spiro atoms. The number of hydrazine groups is 1. The van der Waals surface area contributed by atoms with Gasteiger partial charge < -0.3 is 0 Å². The average Bonchev–Trinajstić information content (AvgIpc) is 2.98. The second-order valence-corrected chi connectivity index (χ2v) is 5.38. The van der Waals surface area contributed by atoms with Crippen molar-refractivity contribution in [2.45, 2.75) is 4.90 Å². The topological polar surface area (TPSA) is 58.2 Å². The Morgan fingerprint density at radius 1 is 1.05 bits per heavy atom. The summed E-state index contributed by atoms with van der Waals surface area (Å²) in [5.74, 6) is -0.639. The van der Waals surface area contributed by atoms with Gasteiger partial charge in [0.05, 0.1) is 10.4 Å². The van der Waals surface area contributed by atoms with E-state index in [0.717, 1.165) is 4.90 Å². The fourth-order valence-corrected chi connectivity index (χ4v) is 2.70. The van der Waals surface area contributed by atoms with E-state index in [-0.39, 0.29) is 11.8 Å². The Morgan fingerprint density at radius 3 is 2.47 bits per heavy atom. The summed E-state index contributed by atoms with van der Waals surface area (Å²) in [6.07, 6.45) is 1.90. The number of rotatable bonds is 3. The summed E-state index contributed by atoms with van der Waals surface area (Å²) in [5.41, 5.74) is 5.36. The number of thioether (sulfide) groups is 1. The molecule has 0 bridgehead atoms. The molecule has 0 unspecified atom stereocenters. The molecule has 4 nitrogen and oxygen atoms in total. The lowest BCUT2D eigenvalue weighted by Crippen LogP contribution is -2.41. The van der Waals surface area contributed by atoms with E-state index >= 15 is 0 Å². The SMILES string of the molecule is CSc1ccccc1C(=O)NNC(=O)c1cccs1. The molecule has 0 radical (unpaired) electrons. The van der Waals surface area contributed by atoms with Crippen molar-refractivity contribution in [3.63, 3.8) is 0 Å². The van der Waals surface area contributed by atoms with Gasteiger partial charge in [-0.3, -0.25) is 20.4 Å². The molecule has 6 heteroatoms. The summed E-state index contributed by atoms with van der Waals surface area (Å²) in [7, 11) is 0. The molecule has 19 heavy (non-hydrogen) atoms. The highest BCUT2D eigenvalue weighted by Gasteiger charge is 2.12. The highest BCUT2D eigenvalue weighted by molar-refractivity contribution is 7.98. The molecule has 0 aliphatic carbocycles. The van der Waals surface area contributed by atoms with Crippen molar-refractivity contribution < 1.29 is 9.59 Å². The number of hydrogen-bond acceptors (Lipinski definition) is 4. The lowest BCUT2D eigenvalue weighted by atomic mass is 10.2. The van der Waals surface area contributed by atoms with Crippen molar-refractivity contribution in [3.05, 3.63) is 52.2 Å². The molecule has 0 fully saturated rings. The third kappa shape index (κ3) is 3.36. The van der Waals surface area contributed by atoms with E-state index in [1.165, 1.54) is 23.1 Å². The second-order valence-electron chi connectivity index (χ2n) is 3.59. The molecule has 0 saturated heterocycles. The average molecular weight is 292 g/mol. The third-order valence-corrected chi connectivity index (χ3v) is 4.05. The van der Waals surface area contributed by atoms with Crippen molar-refractivity contribution in [1.29, 1.82) is 0 Å². The number of amides is 2. The molecule has 0 aliphatic heterocycles. The molecule has 0 atom stereocenters. The summed E-state index contributed by atoms with van der Waals surface area (Å²) in [6.45, 7) is 0. The zero-order chi connectivity index (χ0) is 13.7. The highest BCUT2D eigenvalue weighted by atomic mass is 32.2. The molecule has 98 valence electrons. The van der Waals surface area contributed by atoms with Crippen LogP contribution in [-0.4, -0.2) is 18.1 Å². The van der Waals surface area contributed by atoms with Crippen LogP contribution >= 0.6 is 23.1 Å². The minimum Gasteiger partial charge on any atom is -0.267 e. The number of carbonyl (C=O) groups is 2. The van der Waals surface area contributed by atoms with Crippen LogP contribution in [-0.2, 0) is 0 Å². The molecular formula is C13H12N2O2S2. The zero-order valence-electron chi connectivity index (χ0n) is 10.2. The first-order valence-corrected chi connectivity index (χ1v) is 7.60. The fraction of sp³-hybridized carbons (Fsp3) is 0.0769. The van der Waals surface area contributed by atoms with Crippen LogP contribution in [0.1, 0.15) is 20.0 Å². The molecule has 1 aromatic carbocycles. The number of hydrogen-bond donors (Lipinski definition) is 2. The van der Waals surface area contributed by atoms with Gasteiger partial charge in [0, 0.05) is 4.90 Å². The van der Waals surface area contributed by atoms with Gasteiger partial charge in [0.2, 0.25) is 0 Å². The van der Waals surface area contributed by atoms with Gasteiger partial charge in [0.15, 0.2) is 0 Å². The molecule has 2 aromatic rings. The first-order valence-electron chi connectivity index (χ1n) is 5.49. The quantitative estimate of drug-likeness (QED) is 0.675. The van der Waals surface area contributed by atoms with Gasteiger partial charge in [-0.1, -0.05) is 18.2 Å². The van der Waals surface area contributed by atoms with Crippen LogP contribution < -0.4 is 10.9 Å². The van der Waals surface area contributed by atoms with E-state index in [1.807, 2.05) is 18.4 Å². The van der Waals surface area contributed by atoms with Crippen LogP contribution in [0.2, 0.25) is 0 Å². The Morgan fingerprint density at radius 2 is 1.79 bits per heavy atom. The minimum atomic E-state index is -0.324. The van der Waals surface area contributed by atoms with E-state index in [4.69, 9.17) is 0 Å². The molecule has 1 aromatic heterocycles. The lowest BCUT2D eigenvalue weighted by molar-refractivity contribution is 0.0847. The van der Waals surface area contributed by atoms with Crippen LogP contribution in [0.25, 0.3) is 0 Å². The molecule has 2 N–H and O–H groups in total. The van der Waals surface area contributed by atoms with Gasteiger partial charge in [0.1, 0.15) is 0 Å². The van der Waals surface area contributed by atoms with E-state index < -0.39 is 0 Å². The number of thiophene rings is 1. The lowest BCUT2D eigenvalue weighted by Gasteiger charge is -2.08. The van der Waals surface area contributed by atoms with Gasteiger partial charge in [-0.15, -0.1) is 23.1 Å². The monoisotopic (exact) mass is 292 g/mol. The third-order valence-electron chi connectivity index (χ3n) is 2.39. The van der Waals surface area contributed by atoms with Crippen LogP contribution in [0.5, 0.6) is 0 Å². The van der Waals surface area contributed by atoms with Gasteiger partial charge in [-0.25, -0.2) is 0 Å². The molecular weight excluding hydrogens is 280 g/mol. The summed E-state index contributed by atoms with van der Waals surface area (Å²) in [6, 6.07) is 10.7. The highest BCUT2D eigenvalue weighted by Crippen LogP contribution is 2.19. The maximum absolute atomic E-state index is 12.0. The van der Waals surface area contributed by atoms with Gasteiger partial charge >= 0.3 is 0 Å². The van der Waals surface area contributed by atoms with Crippen molar-refractivity contribution in [1.82, 2.24) is 10.9 Å². The second kappa shape index (κ2) is 6.40. The summed E-state index contributed by atoms with van der Waals surface area (Å²) in [5, 5.41) is 1.81. The number of nitrogens with one attached hydrogen (secondary N) is 2. The van der Waals surface area contributed by atoms with Crippen LogP contribution in [0.4, 0.5) is 0 Å². The molecule has 1 heterocycles. The maximum atomic E-state index is 12.0. The van der Waals surface area contributed by atoms with E-state index in [9.17, 15) is 9.59 Å². The molecule has 0 saturated carbocycles. The van der Waals surface area contributed by atoms with Crippen molar-refractivity contribution in [2.75, 3.05) is 6.26 Å². The molecule has 2 amide bonds. The molecule has 0 aliphatic rings. The van der Waals surface area contributed by atoms with E-state index in [2.05, 4.69) is 10.9 Å². The Labute approximate surface area is 119 Å². The minimum absolute atomic E-state index is 0.315. The van der Waals surface area contributed by atoms with Gasteiger partial charge in [0.25, 0.3) is 11.8 Å². The zero-order valence-corrected chi connectivity index (χ0v) is 11.8. The van der Waals surface area contributed by atoms with Crippen LogP contribution in [0, 0.1) is 0 Å². The van der Waals surface area contributed by atoms with Crippen molar-refractivity contribution in [3.8, 4) is 0 Å². The standard InChI is InChI=1S/C13H12N2O2S2/c1-18-10-6-3-2-5-9(10)12(16)14-15-13(17)11-7-4-8-19-11/h2-8H,1H3,(H,14,16)(H,15,17). The van der Waals surface area contributed by atoms with Gasteiger partial charge in [-0.05, 0) is 29.8 Å². The van der Waals surface area contributed by atoms with Crippen LogP contribution in [0.15, 0.2) is 46.7 Å². The Hall–Kier alpha value is -1.79. The Bertz CT molecular complexity index is 582. The smallest absolute Gasteiger partial charge is 0.267 e. The van der Waals surface area contributed by atoms with Crippen molar-refractivity contribution in [2.24, 2.45) is 0 Å². The first-order chi connectivity index (χ1) is 9.22. The van der Waals surface area contributed by atoms with E-state index in [0.29, 0.717) is 10.4 Å². The van der Waals surface area contributed by atoms with Gasteiger partial charge in [-0.2, -0.15) is 0 Å². The first kappa shape index (κ1) is 13.6. The normalized spacial score (nSPS) is 9.95. The summed E-state index contributed by atoms with van der Waals surface area (Å²) in [4.78, 5) is 25.1. The van der Waals surface area contributed by atoms with Crippen molar-refractivity contribution >= 4 is 34.9 Å². The summed E-state index contributed by atoms with van der Waals surface area (Å²) >= 11 is 2.80. The van der Waals surface area contributed by atoms with E-state index in [1.54, 1.807) is 29.6 Å². The Balaban J connectivity index is 2.00. The number of benzene rings is 1.